The lowest BCUT2D eigenvalue weighted by Crippen LogP contribution is -2.40. The Morgan fingerprint density at radius 2 is 2.10 bits per heavy atom. The Morgan fingerprint density at radius 1 is 1.43 bits per heavy atom. The highest BCUT2D eigenvalue weighted by Gasteiger charge is 2.41. The maximum atomic E-state index is 10.9. The molecular weight excluding hydrogens is 350 g/mol. The van der Waals surface area contributed by atoms with Gasteiger partial charge in [0, 0.05) is 21.5 Å². The highest BCUT2D eigenvalue weighted by Crippen LogP contribution is 2.49. The van der Waals surface area contributed by atoms with Gasteiger partial charge in [-0.2, -0.15) is 0 Å². The molecule has 0 spiro atoms. The fourth-order valence-electron chi connectivity index (χ4n) is 3.59. The minimum absolute atomic E-state index is 0.221. The first kappa shape index (κ1) is 17.3. The average molecular weight is 375 g/mol. The van der Waals surface area contributed by atoms with Crippen molar-refractivity contribution in [1.82, 2.24) is 0 Å². The second-order valence-corrected chi connectivity index (χ2v) is 7.69. The molecule has 0 aromatic heterocycles. The zero-order chi connectivity index (χ0) is 15.5. The summed E-state index contributed by atoms with van der Waals surface area (Å²) in [5.74, 6) is 0.794. The molecule has 1 saturated carbocycles. The van der Waals surface area contributed by atoms with Gasteiger partial charge in [0.1, 0.15) is 0 Å². The van der Waals surface area contributed by atoms with E-state index >= 15 is 0 Å². The Kier molecular flexibility index (Phi) is 6.13. The fraction of sp³-hybridized carbons (Fsp3) is 0.647. The van der Waals surface area contributed by atoms with E-state index in [0.717, 1.165) is 41.6 Å². The van der Waals surface area contributed by atoms with E-state index in [4.69, 9.17) is 17.3 Å². The predicted octanol–water partition coefficient (Wildman–Crippen LogP) is 5.07. The van der Waals surface area contributed by atoms with Crippen molar-refractivity contribution in [3.05, 3.63) is 33.3 Å². The first-order chi connectivity index (χ1) is 10.0. The smallest absolute Gasteiger partial charge is 0.0872 e. The number of rotatable bonds is 5. The second-order valence-electron chi connectivity index (χ2n) is 6.37. The minimum atomic E-state index is -0.578. The molecule has 3 N–H and O–H groups in total. The summed E-state index contributed by atoms with van der Waals surface area (Å²) in [7, 11) is 0. The molecule has 4 heteroatoms. The molecule has 21 heavy (non-hydrogen) atoms. The maximum Gasteiger partial charge on any atom is 0.0872 e. The van der Waals surface area contributed by atoms with Crippen LogP contribution in [0, 0.1) is 11.3 Å². The molecule has 0 radical (unpaired) electrons. The van der Waals surface area contributed by atoms with Crippen LogP contribution in [0.5, 0.6) is 0 Å². The van der Waals surface area contributed by atoms with Crippen LogP contribution in [0.4, 0.5) is 0 Å². The topological polar surface area (TPSA) is 46.2 Å². The van der Waals surface area contributed by atoms with Crippen LogP contribution in [0.25, 0.3) is 0 Å². The number of benzene rings is 1. The Hall–Kier alpha value is -0.0900. The summed E-state index contributed by atoms with van der Waals surface area (Å²) in [4.78, 5) is 0. The van der Waals surface area contributed by atoms with Crippen LogP contribution in [0.1, 0.15) is 57.1 Å². The third-order valence-electron chi connectivity index (χ3n) is 5.04. The molecule has 1 unspecified atom stereocenters. The molecule has 1 aromatic rings. The summed E-state index contributed by atoms with van der Waals surface area (Å²) in [6.45, 7) is 2.75. The number of hydrogen-bond donors (Lipinski definition) is 2. The molecule has 1 aliphatic rings. The monoisotopic (exact) mass is 373 g/mol. The van der Waals surface area contributed by atoms with E-state index in [2.05, 4.69) is 22.9 Å². The molecule has 2 rings (SSSR count). The molecule has 1 aromatic carbocycles. The van der Waals surface area contributed by atoms with E-state index < -0.39 is 6.10 Å². The number of hydrogen-bond acceptors (Lipinski definition) is 2. The summed E-state index contributed by atoms with van der Waals surface area (Å²) >= 11 is 9.72. The normalized spacial score (nSPS) is 27.6. The summed E-state index contributed by atoms with van der Waals surface area (Å²) in [6.07, 6.45) is 6.25. The van der Waals surface area contributed by atoms with E-state index in [9.17, 15) is 5.11 Å². The van der Waals surface area contributed by atoms with Crippen molar-refractivity contribution >= 4 is 27.5 Å². The van der Waals surface area contributed by atoms with Gasteiger partial charge < -0.3 is 10.8 Å². The van der Waals surface area contributed by atoms with Gasteiger partial charge in [0.2, 0.25) is 0 Å². The third kappa shape index (κ3) is 3.82. The standard InChI is InChI=1S/C17H25BrClNO/c1-2-3-12-6-8-17(11-20,9-7-12)16(21)14-5-4-13(18)10-15(14)19/h4-5,10,12,16,21H,2-3,6-9,11,20H2,1H3. The number of aliphatic hydroxyl groups is 1. The first-order valence-corrected chi connectivity index (χ1v) is 9.02. The zero-order valence-corrected chi connectivity index (χ0v) is 15.0. The fourth-order valence-corrected chi connectivity index (χ4v) is 4.37. The van der Waals surface area contributed by atoms with Crippen molar-refractivity contribution in [3.63, 3.8) is 0 Å². The average Bonchev–Trinajstić information content (AvgIpc) is 2.48. The van der Waals surface area contributed by atoms with E-state index in [1.54, 1.807) is 0 Å². The van der Waals surface area contributed by atoms with Crippen LogP contribution in [0.3, 0.4) is 0 Å². The van der Waals surface area contributed by atoms with Crippen LogP contribution < -0.4 is 5.73 Å². The largest absolute Gasteiger partial charge is 0.388 e. The van der Waals surface area contributed by atoms with Gasteiger partial charge in [0.05, 0.1) is 6.10 Å². The Morgan fingerprint density at radius 3 is 2.62 bits per heavy atom. The van der Waals surface area contributed by atoms with Crippen molar-refractivity contribution in [2.24, 2.45) is 17.1 Å². The van der Waals surface area contributed by atoms with Crippen molar-refractivity contribution in [3.8, 4) is 0 Å². The van der Waals surface area contributed by atoms with Crippen LogP contribution in [0.2, 0.25) is 5.02 Å². The van der Waals surface area contributed by atoms with Crippen LogP contribution in [0.15, 0.2) is 22.7 Å². The first-order valence-electron chi connectivity index (χ1n) is 7.85. The van der Waals surface area contributed by atoms with Gasteiger partial charge in [-0.15, -0.1) is 0 Å². The lowest BCUT2D eigenvalue weighted by atomic mass is 9.65. The number of nitrogens with two attached hydrogens (primary N) is 1. The molecule has 0 saturated heterocycles. The van der Waals surface area contributed by atoms with Gasteiger partial charge in [-0.25, -0.2) is 0 Å². The lowest BCUT2D eigenvalue weighted by Gasteiger charge is -2.43. The molecular formula is C17H25BrClNO. The molecule has 1 aliphatic carbocycles. The van der Waals surface area contributed by atoms with Crippen molar-refractivity contribution in [2.45, 2.75) is 51.6 Å². The summed E-state index contributed by atoms with van der Waals surface area (Å²) in [5, 5.41) is 11.5. The molecule has 2 nitrogen and oxygen atoms in total. The van der Waals surface area contributed by atoms with E-state index in [1.165, 1.54) is 12.8 Å². The molecule has 0 aliphatic heterocycles. The zero-order valence-electron chi connectivity index (χ0n) is 12.6. The van der Waals surface area contributed by atoms with Gasteiger partial charge >= 0.3 is 0 Å². The SMILES string of the molecule is CCCC1CCC(CN)(C(O)c2ccc(Br)cc2Cl)CC1. The van der Waals surface area contributed by atoms with Crippen LogP contribution in [-0.2, 0) is 0 Å². The summed E-state index contributed by atoms with van der Waals surface area (Å²) < 4.78 is 0.928. The third-order valence-corrected chi connectivity index (χ3v) is 5.86. The van der Waals surface area contributed by atoms with Gasteiger partial charge in [-0.05, 0) is 49.3 Å². The molecule has 0 amide bonds. The molecule has 1 fully saturated rings. The van der Waals surface area contributed by atoms with Gasteiger partial charge in [-0.3, -0.25) is 0 Å². The summed E-state index contributed by atoms with van der Waals surface area (Å²) in [6, 6.07) is 5.68. The molecule has 0 heterocycles. The molecule has 118 valence electrons. The highest BCUT2D eigenvalue weighted by atomic mass is 79.9. The van der Waals surface area contributed by atoms with Crippen LogP contribution >= 0.6 is 27.5 Å². The van der Waals surface area contributed by atoms with E-state index in [0.29, 0.717) is 11.6 Å². The quantitative estimate of drug-likeness (QED) is 0.755. The van der Waals surface area contributed by atoms with E-state index in [-0.39, 0.29) is 5.41 Å². The summed E-state index contributed by atoms with van der Waals surface area (Å²) in [5.41, 5.74) is 6.65. The Balaban J connectivity index is 2.17. The van der Waals surface area contributed by atoms with Crippen molar-refractivity contribution in [2.75, 3.05) is 6.54 Å². The second kappa shape index (κ2) is 7.45. The van der Waals surface area contributed by atoms with Gasteiger partial charge in [0.25, 0.3) is 0 Å². The number of halogens is 2. The highest BCUT2D eigenvalue weighted by molar-refractivity contribution is 9.10. The van der Waals surface area contributed by atoms with Crippen LogP contribution in [-0.4, -0.2) is 11.7 Å². The Labute approximate surface area is 141 Å². The lowest BCUT2D eigenvalue weighted by molar-refractivity contribution is -0.0108. The van der Waals surface area contributed by atoms with Gasteiger partial charge in [-0.1, -0.05) is 53.4 Å². The minimum Gasteiger partial charge on any atom is -0.388 e. The maximum absolute atomic E-state index is 10.9. The molecule has 0 bridgehead atoms. The van der Waals surface area contributed by atoms with Gasteiger partial charge in [0.15, 0.2) is 0 Å². The predicted molar refractivity (Wildman–Crippen MR) is 92.5 cm³/mol. The van der Waals surface area contributed by atoms with Crippen molar-refractivity contribution in [1.29, 1.82) is 0 Å². The Bertz CT molecular complexity index is 472. The number of aliphatic hydroxyl groups excluding tert-OH is 1. The van der Waals surface area contributed by atoms with Crippen molar-refractivity contribution < 1.29 is 5.11 Å². The van der Waals surface area contributed by atoms with E-state index in [1.807, 2.05) is 18.2 Å². The molecule has 1 atom stereocenters.